The summed E-state index contributed by atoms with van der Waals surface area (Å²) in [5, 5.41) is 0. The summed E-state index contributed by atoms with van der Waals surface area (Å²) in [5.74, 6) is 0.914. The zero-order valence-corrected chi connectivity index (χ0v) is 13.1. The van der Waals surface area contributed by atoms with Crippen molar-refractivity contribution in [1.29, 1.82) is 0 Å². The van der Waals surface area contributed by atoms with Gasteiger partial charge in [0.25, 0.3) is 0 Å². The van der Waals surface area contributed by atoms with Gasteiger partial charge in [-0.1, -0.05) is 13.3 Å². The second-order valence-corrected chi connectivity index (χ2v) is 5.52. The second kappa shape index (κ2) is 8.01. The number of aromatic nitrogens is 1. The Morgan fingerprint density at radius 2 is 2.29 bits per heavy atom. The minimum atomic E-state index is -0.125. The standard InChI is InChI=1S/C17H25NO3/c1-3-5-9-21-15-10-13-7-6-8-14(17(13)18-12-15)11-16(19)20-4-2/h10,12,14H,3-9,11H2,1-2H3/t14-/m0/s1. The first kappa shape index (κ1) is 15.8. The molecule has 0 amide bonds. The van der Waals surface area contributed by atoms with Gasteiger partial charge >= 0.3 is 5.97 Å². The van der Waals surface area contributed by atoms with E-state index in [0.717, 1.165) is 50.2 Å². The lowest BCUT2D eigenvalue weighted by molar-refractivity contribution is -0.143. The Balaban J connectivity index is 2.03. The van der Waals surface area contributed by atoms with Gasteiger partial charge in [0, 0.05) is 11.6 Å². The molecule has 1 aromatic heterocycles. The van der Waals surface area contributed by atoms with Crippen LogP contribution in [-0.2, 0) is 16.0 Å². The van der Waals surface area contributed by atoms with Crippen LogP contribution in [0, 0.1) is 0 Å². The molecule has 0 spiro atoms. The number of carbonyl (C=O) groups is 1. The maximum Gasteiger partial charge on any atom is 0.306 e. The Morgan fingerprint density at radius 1 is 1.43 bits per heavy atom. The Kier molecular flexibility index (Phi) is 6.03. The number of pyridine rings is 1. The predicted molar refractivity (Wildman–Crippen MR) is 81.6 cm³/mol. The predicted octanol–water partition coefficient (Wildman–Crippen LogP) is 3.63. The molecule has 0 aliphatic heterocycles. The van der Waals surface area contributed by atoms with E-state index >= 15 is 0 Å². The summed E-state index contributed by atoms with van der Waals surface area (Å²) >= 11 is 0. The number of rotatable bonds is 7. The first-order valence-corrected chi connectivity index (χ1v) is 8.01. The fourth-order valence-electron chi connectivity index (χ4n) is 2.78. The summed E-state index contributed by atoms with van der Waals surface area (Å²) in [6.45, 7) is 5.17. The van der Waals surface area contributed by atoms with Crippen molar-refractivity contribution >= 4 is 5.97 Å². The van der Waals surface area contributed by atoms with Crippen molar-refractivity contribution in [2.24, 2.45) is 0 Å². The molecule has 1 aromatic rings. The summed E-state index contributed by atoms with van der Waals surface area (Å²) in [4.78, 5) is 16.2. The highest BCUT2D eigenvalue weighted by Crippen LogP contribution is 2.34. The molecular formula is C17H25NO3. The zero-order chi connectivity index (χ0) is 15.1. The summed E-state index contributed by atoms with van der Waals surface area (Å²) in [6, 6.07) is 2.09. The molecule has 0 radical (unpaired) electrons. The average molecular weight is 291 g/mol. The van der Waals surface area contributed by atoms with Gasteiger partial charge in [-0.15, -0.1) is 0 Å². The van der Waals surface area contributed by atoms with E-state index in [1.807, 2.05) is 6.92 Å². The summed E-state index contributed by atoms with van der Waals surface area (Å²) in [5.41, 5.74) is 2.28. The minimum Gasteiger partial charge on any atom is -0.492 e. The molecule has 0 bridgehead atoms. The van der Waals surface area contributed by atoms with Crippen molar-refractivity contribution in [2.45, 2.75) is 58.3 Å². The van der Waals surface area contributed by atoms with Crippen LogP contribution < -0.4 is 4.74 Å². The van der Waals surface area contributed by atoms with Gasteiger partial charge in [-0.2, -0.15) is 0 Å². The molecule has 1 heterocycles. The summed E-state index contributed by atoms with van der Waals surface area (Å²) < 4.78 is 10.8. The number of hydrogen-bond donors (Lipinski definition) is 0. The quantitative estimate of drug-likeness (QED) is 0.568. The van der Waals surface area contributed by atoms with E-state index in [4.69, 9.17) is 9.47 Å². The molecular weight excluding hydrogens is 266 g/mol. The van der Waals surface area contributed by atoms with Gasteiger partial charge in [-0.05, 0) is 44.2 Å². The lowest BCUT2D eigenvalue weighted by Gasteiger charge is -2.24. The number of carbonyl (C=O) groups excluding carboxylic acids is 1. The molecule has 1 atom stereocenters. The minimum absolute atomic E-state index is 0.125. The Hall–Kier alpha value is -1.58. The van der Waals surface area contributed by atoms with Crippen molar-refractivity contribution < 1.29 is 14.3 Å². The first-order chi connectivity index (χ1) is 10.2. The van der Waals surface area contributed by atoms with E-state index in [1.165, 1.54) is 5.56 Å². The van der Waals surface area contributed by atoms with Crippen LogP contribution in [0.3, 0.4) is 0 Å². The lowest BCUT2D eigenvalue weighted by Crippen LogP contribution is -2.17. The van der Waals surface area contributed by atoms with Crippen LogP contribution in [0.1, 0.15) is 63.1 Å². The molecule has 0 fully saturated rings. The van der Waals surface area contributed by atoms with Crippen LogP contribution >= 0.6 is 0 Å². The fourth-order valence-corrected chi connectivity index (χ4v) is 2.78. The van der Waals surface area contributed by atoms with Crippen molar-refractivity contribution in [3.8, 4) is 5.75 Å². The third kappa shape index (κ3) is 4.45. The molecule has 0 saturated heterocycles. The first-order valence-electron chi connectivity index (χ1n) is 8.01. The van der Waals surface area contributed by atoms with Crippen molar-refractivity contribution in [3.05, 3.63) is 23.5 Å². The normalized spacial score (nSPS) is 17.1. The molecule has 1 aliphatic carbocycles. The van der Waals surface area contributed by atoms with Gasteiger partial charge in [-0.25, -0.2) is 0 Å². The van der Waals surface area contributed by atoms with Gasteiger partial charge in [0.15, 0.2) is 0 Å². The number of hydrogen-bond acceptors (Lipinski definition) is 4. The van der Waals surface area contributed by atoms with E-state index in [2.05, 4.69) is 18.0 Å². The van der Waals surface area contributed by atoms with E-state index in [9.17, 15) is 4.79 Å². The third-order valence-electron chi connectivity index (χ3n) is 3.85. The number of aryl methyl sites for hydroxylation is 1. The highest BCUT2D eigenvalue weighted by molar-refractivity contribution is 5.70. The highest BCUT2D eigenvalue weighted by atomic mass is 16.5. The Labute approximate surface area is 126 Å². The molecule has 0 aromatic carbocycles. The van der Waals surface area contributed by atoms with E-state index in [1.54, 1.807) is 6.20 Å². The lowest BCUT2D eigenvalue weighted by atomic mass is 9.84. The van der Waals surface area contributed by atoms with E-state index in [-0.39, 0.29) is 11.9 Å². The summed E-state index contributed by atoms with van der Waals surface area (Å²) in [6.07, 6.45) is 7.53. The number of unbranched alkanes of at least 4 members (excludes halogenated alkanes) is 1. The largest absolute Gasteiger partial charge is 0.492 e. The van der Waals surface area contributed by atoms with Crippen molar-refractivity contribution in [3.63, 3.8) is 0 Å². The zero-order valence-electron chi connectivity index (χ0n) is 13.1. The maximum atomic E-state index is 11.7. The number of esters is 1. The van der Waals surface area contributed by atoms with E-state index in [0.29, 0.717) is 13.0 Å². The van der Waals surface area contributed by atoms with E-state index < -0.39 is 0 Å². The molecule has 2 rings (SSSR count). The molecule has 1 aliphatic rings. The number of nitrogens with zero attached hydrogens (tertiary/aromatic N) is 1. The van der Waals surface area contributed by atoms with Crippen molar-refractivity contribution in [1.82, 2.24) is 4.98 Å². The highest BCUT2D eigenvalue weighted by Gasteiger charge is 2.25. The van der Waals surface area contributed by atoms with Crippen molar-refractivity contribution in [2.75, 3.05) is 13.2 Å². The molecule has 4 heteroatoms. The molecule has 0 N–H and O–H groups in total. The van der Waals surface area contributed by atoms with Gasteiger partial charge in [-0.3, -0.25) is 9.78 Å². The van der Waals surface area contributed by atoms with Crippen LogP contribution in [0.4, 0.5) is 0 Å². The van der Waals surface area contributed by atoms with Crippen LogP contribution in [-0.4, -0.2) is 24.2 Å². The SMILES string of the molecule is CCCCOc1cnc2c(c1)CCC[C@H]2CC(=O)OCC. The van der Waals surface area contributed by atoms with Gasteiger partial charge in [0.1, 0.15) is 5.75 Å². The maximum absolute atomic E-state index is 11.7. The Bertz CT molecular complexity index is 473. The van der Waals surface area contributed by atoms with Crippen LogP contribution in [0.15, 0.2) is 12.3 Å². The Morgan fingerprint density at radius 3 is 3.05 bits per heavy atom. The molecule has 0 unspecified atom stereocenters. The van der Waals surface area contributed by atoms with Crippen LogP contribution in [0.25, 0.3) is 0 Å². The molecule has 116 valence electrons. The fraction of sp³-hybridized carbons (Fsp3) is 0.647. The molecule has 0 saturated carbocycles. The average Bonchev–Trinajstić information content (AvgIpc) is 2.48. The topological polar surface area (TPSA) is 48.4 Å². The third-order valence-corrected chi connectivity index (χ3v) is 3.85. The van der Waals surface area contributed by atoms with Crippen LogP contribution in [0.2, 0.25) is 0 Å². The summed E-state index contributed by atoms with van der Waals surface area (Å²) in [7, 11) is 0. The van der Waals surface area contributed by atoms with Crippen LogP contribution in [0.5, 0.6) is 5.75 Å². The van der Waals surface area contributed by atoms with Gasteiger partial charge < -0.3 is 9.47 Å². The molecule has 21 heavy (non-hydrogen) atoms. The molecule has 4 nitrogen and oxygen atoms in total. The second-order valence-electron chi connectivity index (χ2n) is 5.52. The number of fused-ring (bicyclic) bond motifs is 1. The number of ether oxygens (including phenoxy) is 2. The van der Waals surface area contributed by atoms with Gasteiger partial charge in [0.05, 0.1) is 25.8 Å². The smallest absolute Gasteiger partial charge is 0.306 e. The van der Waals surface area contributed by atoms with Gasteiger partial charge in [0.2, 0.25) is 0 Å². The monoisotopic (exact) mass is 291 g/mol.